The highest BCUT2D eigenvalue weighted by atomic mass is 32.1. The summed E-state index contributed by atoms with van der Waals surface area (Å²) in [5.41, 5.74) is 0.0265. The highest BCUT2D eigenvalue weighted by Gasteiger charge is 2.41. The van der Waals surface area contributed by atoms with Crippen LogP contribution in [-0.4, -0.2) is 17.7 Å². The van der Waals surface area contributed by atoms with Crippen molar-refractivity contribution in [3.63, 3.8) is 0 Å². The number of imide groups is 1. The van der Waals surface area contributed by atoms with Crippen molar-refractivity contribution in [3.8, 4) is 6.07 Å². The molecule has 0 aromatic carbocycles. The van der Waals surface area contributed by atoms with Gasteiger partial charge in [0.25, 0.3) is 5.91 Å². The van der Waals surface area contributed by atoms with E-state index in [-0.39, 0.29) is 5.57 Å². The number of thiophene rings is 1. The van der Waals surface area contributed by atoms with E-state index < -0.39 is 23.7 Å². The van der Waals surface area contributed by atoms with Gasteiger partial charge in [0, 0.05) is 4.88 Å². The van der Waals surface area contributed by atoms with Gasteiger partial charge in [-0.2, -0.15) is 5.26 Å². The number of carbonyl (C=O) groups excluding carboxylic acids is 2. The Labute approximate surface area is 101 Å². The summed E-state index contributed by atoms with van der Waals surface area (Å²) in [5.74, 6) is -0.893. The summed E-state index contributed by atoms with van der Waals surface area (Å²) >= 11 is 1.34. The van der Waals surface area contributed by atoms with Gasteiger partial charge >= 0.3 is 0 Å². The second-order valence-corrected chi connectivity index (χ2v) is 4.44. The molecule has 2 unspecified atom stereocenters. The highest BCUT2D eigenvalue weighted by molar-refractivity contribution is 7.10. The van der Waals surface area contributed by atoms with Crippen molar-refractivity contribution in [2.24, 2.45) is 5.92 Å². The Morgan fingerprint density at radius 3 is 2.76 bits per heavy atom. The van der Waals surface area contributed by atoms with Crippen LogP contribution in [0.2, 0.25) is 0 Å². The van der Waals surface area contributed by atoms with Crippen LogP contribution < -0.4 is 5.32 Å². The molecule has 1 aromatic rings. The Morgan fingerprint density at radius 1 is 1.47 bits per heavy atom. The van der Waals surface area contributed by atoms with E-state index in [1.807, 2.05) is 11.9 Å². The zero-order valence-electron chi connectivity index (χ0n) is 8.56. The van der Waals surface area contributed by atoms with Gasteiger partial charge in [0.15, 0.2) is 0 Å². The predicted molar refractivity (Wildman–Crippen MR) is 60.6 cm³/mol. The van der Waals surface area contributed by atoms with Crippen molar-refractivity contribution in [1.82, 2.24) is 5.32 Å². The van der Waals surface area contributed by atoms with Gasteiger partial charge in [-0.15, -0.1) is 11.3 Å². The number of piperidine rings is 1. The van der Waals surface area contributed by atoms with Gasteiger partial charge in [0.2, 0.25) is 5.91 Å². The van der Waals surface area contributed by atoms with Crippen LogP contribution in [0.1, 0.15) is 10.8 Å². The maximum Gasteiger partial charge on any atom is 0.263 e. The van der Waals surface area contributed by atoms with Gasteiger partial charge in [-0.25, -0.2) is 0 Å². The molecule has 6 heteroatoms. The van der Waals surface area contributed by atoms with Crippen LogP contribution in [0.15, 0.2) is 23.1 Å². The van der Waals surface area contributed by atoms with Gasteiger partial charge in [0.1, 0.15) is 5.92 Å². The Hall–Kier alpha value is -2.22. The van der Waals surface area contributed by atoms with Crippen LogP contribution in [0.3, 0.4) is 0 Å². The van der Waals surface area contributed by atoms with E-state index in [0.717, 1.165) is 4.88 Å². The summed E-state index contributed by atoms with van der Waals surface area (Å²) in [7, 11) is 0. The van der Waals surface area contributed by atoms with Gasteiger partial charge in [-0.3, -0.25) is 20.3 Å². The Balaban J connectivity index is 2.55. The third kappa shape index (κ3) is 1.78. The fraction of sp³-hybridized carbons (Fsp3) is 0.182. The lowest BCUT2D eigenvalue weighted by atomic mass is 9.82. The molecule has 0 aliphatic carbocycles. The fourth-order valence-electron chi connectivity index (χ4n) is 1.76. The molecule has 0 radical (unpaired) electrons. The number of rotatable bonds is 1. The number of hydrogen-bond donors (Lipinski definition) is 2. The zero-order chi connectivity index (χ0) is 12.4. The predicted octanol–water partition coefficient (Wildman–Crippen LogP) is 0.803. The molecule has 1 fully saturated rings. The standard InChI is InChI=1S/C11H7N3O2S/c12-4-6-9(8-2-1-3-17-8)7(5-13)11(16)14-10(6)15/h1-3,6,9,13H,(H,14,15,16). The fourth-order valence-corrected chi connectivity index (χ4v) is 2.63. The average molecular weight is 245 g/mol. The third-order valence-electron chi connectivity index (χ3n) is 2.53. The first kappa shape index (κ1) is 11.3. The smallest absolute Gasteiger partial charge is 0.263 e. The lowest BCUT2D eigenvalue weighted by molar-refractivity contribution is -0.132. The van der Waals surface area contributed by atoms with Crippen molar-refractivity contribution in [3.05, 3.63) is 28.0 Å². The molecular weight excluding hydrogens is 238 g/mol. The molecule has 1 aliphatic heterocycles. The summed E-state index contributed by atoms with van der Waals surface area (Å²) in [6, 6.07) is 5.38. The molecule has 0 spiro atoms. The van der Waals surface area contributed by atoms with Crippen LogP contribution in [0.25, 0.3) is 0 Å². The number of carbonyl (C=O) groups is 2. The normalized spacial score (nSPS) is 23.8. The third-order valence-corrected chi connectivity index (χ3v) is 3.49. The van der Waals surface area contributed by atoms with Crippen molar-refractivity contribution in [2.45, 2.75) is 5.92 Å². The first-order valence-corrected chi connectivity index (χ1v) is 5.64. The summed E-state index contributed by atoms with van der Waals surface area (Å²) in [6.45, 7) is 0. The molecule has 2 rings (SSSR count). The van der Waals surface area contributed by atoms with E-state index in [2.05, 4.69) is 5.32 Å². The van der Waals surface area contributed by atoms with Crippen molar-refractivity contribution >= 4 is 29.0 Å². The lowest BCUT2D eigenvalue weighted by Crippen LogP contribution is -2.46. The van der Waals surface area contributed by atoms with Crippen LogP contribution in [0.4, 0.5) is 0 Å². The summed E-state index contributed by atoms with van der Waals surface area (Å²) < 4.78 is 0. The molecular formula is C11H7N3O2S. The first-order chi connectivity index (χ1) is 8.19. The molecule has 17 heavy (non-hydrogen) atoms. The SMILES string of the molecule is N#CC1C(=O)NC(=O)C(=C=N)C1c1cccs1. The van der Waals surface area contributed by atoms with E-state index in [1.54, 1.807) is 17.5 Å². The molecule has 2 N–H and O–H groups in total. The van der Waals surface area contributed by atoms with Crippen LogP contribution in [0.5, 0.6) is 0 Å². The molecule has 84 valence electrons. The van der Waals surface area contributed by atoms with E-state index >= 15 is 0 Å². The summed E-state index contributed by atoms with van der Waals surface area (Å²) in [5, 5.41) is 20.0. The highest BCUT2D eigenvalue weighted by Crippen LogP contribution is 2.36. The molecule has 1 aliphatic rings. The quantitative estimate of drug-likeness (QED) is 0.435. The first-order valence-electron chi connectivity index (χ1n) is 4.77. The number of amides is 2. The lowest BCUT2D eigenvalue weighted by Gasteiger charge is -2.25. The van der Waals surface area contributed by atoms with E-state index in [4.69, 9.17) is 10.7 Å². The number of nitriles is 1. The molecule has 0 bridgehead atoms. The largest absolute Gasteiger partial charge is 0.291 e. The molecule has 1 aromatic heterocycles. The van der Waals surface area contributed by atoms with E-state index in [9.17, 15) is 9.59 Å². The van der Waals surface area contributed by atoms with Crippen LogP contribution in [-0.2, 0) is 9.59 Å². The number of hydrogen-bond acceptors (Lipinski definition) is 5. The topological polar surface area (TPSA) is 93.8 Å². The molecule has 1 saturated heterocycles. The molecule has 5 nitrogen and oxygen atoms in total. The average Bonchev–Trinajstić information content (AvgIpc) is 2.81. The van der Waals surface area contributed by atoms with Gasteiger partial charge in [-0.1, -0.05) is 6.07 Å². The van der Waals surface area contributed by atoms with Crippen LogP contribution in [0, 0.1) is 22.7 Å². The Bertz CT molecular complexity index is 564. The Morgan fingerprint density at radius 2 is 2.24 bits per heavy atom. The van der Waals surface area contributed by atoms with Crippen molar-refractivity contribution in [2.75, 3.05) is 0 Å². The molecule has 2 amide bonds. The zero-order valence-corrected chi connectivity index (χ0v) is 9.38. The molecule has 0 saturated carbocycles. The number of nitrogens with zero attached hydrogens (tertiary/aromatic N) is 1. The number of nitrogens with one attached hydrogen (secondary N) is 2. The van der Waals surface area contributed by atoms with E-state index in [1.165, 1.54) is 11.3 Å². The van der Waals surface area contributed by atoms with Crippen molar-refractivity contribution in [1.29, 1.82) is 10.7 Å². The monoisotopic (exact) mass is 245 g/mol. The second kappa shape index (κ2) is 4.34. The molecule has 2 heterocycles. The van der Waals surface area contributed by atoms with Crippen LogP contribution >= 0.6 is 11.3 Å². The molecule has 2 atom stereocenters. The minimum atomic E-state index is -0.987. The van der Waals surface area contributed by atoms with Gasteiger partial charge < -0.3 is 0 Å². The minimum Gasteiger partial charge on any atom is -0.291 e. The van der Waals surface area contributed by atoms with Gasteiger partial charge in [0.05, 0.1) is 17.6 Å². The summed E-state index contributed by atoms with van der Waals surface area (Å²) in [6.07, 6.45) is 0. The Kier molecular flexibility index (Phi) is 2.88. The van der Waals surface area contributed by atoms with Gasteiger partial charge in [-0.05, 0) is 17.3 Å². The van der Waals surface area contributed by atoms with Crippen molar-refractivity contribution < 1.29 is 9.59 Å². The maximum atomic E-state index is 11.6. The maximum absolute atomic E-state index is 11.6. The van der Waals surface area contributed by atoms with E-state index in [0.29, 0.717) is 0 Å². The second-order valence-electron chi connectivity index (χ2n) is 3.46. The summed E-state index contributed by atoms with van der Waals surface area (Å²) in [4.78, 5) is 23.8. The minimum absolute atomic E-state index is 0.0265.